The quantitative estimate of drug-likeness (QED) is 0.753. The average Bonchev–Trinajstić information content (AvgIpc) is 2.82. The maximum absolute atomic E-state index is 11.8. The molecule has 1 N–H and O–H groups in total. The van der Waals surface area contributed by atoms with Crippen molar-refractivity contribution < 1.29 is 4.79 Å². The number of rotatable bonds is 0. The molecule has 1 aromatic heterocycles. The number of hydrogen-bond donors (Lipinski definition) is 1. The average molecular weight is 240 g/mol. The van der Waals surface area contributed by atoms with Gasteiger partial charge in [0.25, 0.3) is 0 Å². The van der Waals surface area contributed by atoms with Crippen LogP contribution in [0.15, 0.2) is 18.2 Å². The molecule has 1 atom stereocenters. The summed E-state index contributed by atoms with van der Waals surface area (Å²) in [5, 5.41) is 4.34. The SMILES string of the molecule is CC1CCc2c1c1cccc3c1n2CC(=O)NC3. The zero-order valence-corrected chi connectivity index (χ0v) is 10.5. The number of fused-ring (bicyclic) bond motifs is 3. The van der Waals surface area contributed by atoms with Crippen molar-refractivity contribution in [2.45, 2.75) is 38.8 Å². The van der Waals surface area contributed by atoms with Crippen LogP contribution in [0, 0.1) is 0 Å². The van der Waals surface area contributed by atoms with Gasteiger partial charge in [-0.25, -0.2) is 0 Å². The van der Waals surface area contributed by atoms with Crippen molar-refractivity contribution in [1.82, 2.24) is 9.88 Å². The molecule has 0 radical (unpaired) electrons. The van der Waals surface area contributed by atoms with E-state index in [1.165, 1.54) is 34.1 Å². The third-order valence-corrected chi connectivity index (χ3v) is 4.40. The molecule has 2 aliphatic rings. The van der Waals surface area contributed by atoms with Crippen molar-refractivity contribution >= 4 is 16.8 Å². The Balaban J connectivity index is 2.13. The van der Waals surface area contributed by atoms with Gasteiger partial charge in [-0.1, -0.05) is 25.1 Å². The molecule has 0 saturated carbocycles. The van der Waals surface area contributed by atoms with E-state index in [0.717, 1.165) is 6.42 Å². The fraction of sp³-hybridized carbons (Fsp3) is 0.400. The summed E-state index contributed by atoms with van der Waals surface area (Å²) >= 11 is 0. The van der Waals surface area contributed by atoms with E-state index in [-0.39, 0.29) is 5.91 Å². The van der Waals surface area contributed by atoms with Crippen molar-refractivity contribution in [2.24, 2.45) is 0 Å². The van der Waals surface area contributed by atoms with Crippen molar-refractivity contribution in [3.8, 4) is 0 Å². The Morgan fingerprint density at radius 3 is 3.17 bits per heavy atom. The van der Waals surface area contributed by atoms with Gasteiger partial charge in [0.05, 0.1) is 5.52 Å². The Morgan fingerprint density at radius 2 is 2.28 bits per heavy atom. The summed E-state index contributed by atoms with van der Waals surface area (Å²) in [4.78, 5) is 11.8. The van der Waals surface area contributed by atoms with Gasteiger partial charge in [0.15, 0.2) is 0 Å². The van der Waals surface area contributed by atoms with Gasteiger partial charge < -0.3 is 9.88 Å². The Hall–Kier alpha value is -1.77. The number of hydrogen-bond acceptors (Lipinski definition) is 1. The monoisotopic (exact) mass is 240 g/mol. The lowest BCUT2D eigenvalue weighted by atomic mass is 10.0. The van der Waals surface area contributed by atoms with E-state index in [2.05, 4.69) is 35.0 Å². The van der Waals surface area contributed by atoms with Crippen LogP contribution in [0.5, 0.6) is 0 Å². The summed E-state index contributed by atoms with van der Waals surface area (Å²) in [6.45, 7) is 3.44. The standard InChI is InChI=1S/C15H16N2O/c1-9-5-6-12-14(9)11-4-2-3-10-7-16-13(18)8-17(12)15(10)11/h2-4,9H,5-8H2,1H3,(H,16,18). The van der Waals surface area contributed by atoms with Gasteiger partial charge in [0.2, 0.25) is 5.91 Å². The van der Waals surface area contributed by atoms with Crippen molar-refractivity contribution in [1.29, 1.82) is 0 Å². The highest BCUT2D eigenvalue weighted by molar-refractivity contribution is 5.92. The van der Waals surface area contributed by atoms with Gasteiger partial charge in [-0.2, -0.15) is 0 Å². The summed E-state index contributed by atoms with van der Waals surface area (Å²) in [6, 6.07) is 6.46. The topological polar surface area (TPSA) is 34.0 Å². The van der Waals surface area contributed by atoms with Crippen LogP contribution in [0.3, 0.4) is 0 Å². The van der Waals surface area contributed by atoms with E-state index < -0.39 is 0 Å². The van der Waals surface area contributed by atoms with Crippen LogP contribution in [-0.4, -0.2) is 10.5 Å². The van der Waals surface area contributed by atoms with Crippen LogP contribution < -0.4 is 5.32 Å². The highest BCUT2D eigenvalue weighted by Gasteiger charge is 2.29. The highest BCUT2D eigenvalue weighted by Crippen LogP contribution is 2.41. The lowest BCUT2D eigenvalue weighted by molar-refractivity contribution is -0.121. The minimum absolute atomic E-state index is 0.130. The van der Waals surface area contributed by atoms with Crippen molar-refractivity contribution in [2.75, 3.05) is 0 Å². The third kappa shape index (κ3) is 1.17. The summed E-state index contributed by atoms with van der Waals surface area (Å²) < 4.78 is 2.26. The van der Waals surface area contributed by atoms with Crippen LogP contribution in [-0.2, 0) is 24.3 Å². The maximum atomic E-state index is 11.8. The molecule has 0 bridgehead atoms. The first kappa shape index (κ1) is 10.2. The Labute approximate surface area is 106 Å². The summed E-state index contributed by atoms with van der Waals surface area (Å²) in [5.74, 6) is 0.756. The van der Waals surface area contributed by atoms with E-state index >= 15 is 0 Å². The molecule has 3 heteroatoms. The minimum atomic E-state index is 0.130. The second-order valence-electron chi connectivity index (χ2n) is 5.48. The predicted molar refractivity (Wildman–Crippen MR) is 70.5 cm³/mol. The molecule has 4 rings (SSSR count). The first-order valence-corrected chi connectivity index (χ1v) is 6.65. The number of carbonyl (C=O) groups is 1. The first-order chi connectivity index (χ1) is 8.75. The third-order valence-electron chi connectivity index (χ3n) is 4.40. The molecule has 1 unspecified atom stereocenters. The molecule has 0 saturated heterocycles. The summed E-state index contributed by atoms with van der Waals surface area (Å²) in [6.07, 6.45) is 2.32. The lowest BCUT2D eigenvalue weighted by Gasteiger charge is -2.06. The zero-order valence-electron chi connectivity index (χ0n) is 10.5. The molecule has 1 aromatic carbocycles. The normalized spacial score (nSPS) is 21.8. The van der Waals surface area contributed by atoms with E-state index in [9.17, 15) is 4.79 Å². The van der Waals surface area contributed by atoms with Gasteiger partial charge in [-0.05, 0) is 29.9 Å². The molecular formula is C15H16N2O. The number of nitrogens with zero attached hydrogens (tertiary/aromatic N) is 1. The second kappa shape index (κ2) is 3.37. The molecule has 18 heavy (non-hydrogen) atoms. The Morgan fingerprint density at radius 1 is 1.39 bits per heavy atom. The van der Waals surface area contributed by atoms with E-state index in [4.69, 9.17) is 0 Å². The highest BCUT2D eigenvalue weighted by atomic mass is 16.1. The summed E-state index contributed by atoms with van der Waals surface area (Å²) in [7, 11) is 0. The van der Waals surface area contributed by atoms with Gasteiger partial charge in [-0.3, -0.25) is 4.79 Å². The van der Waals surface area contributed by atoms with Gasteiger partial charge in [0.1, 0.15) is 6.54 Å². The van der Waals surface area contributed by atoms with Crippen LogP contribution in [0.2, 0.25) is 0 Å². The first-order valence-electron chi connectivity index (χ1n) is 6.65. The lowest BCUT2D eigenvalue weighted by Crippen LogP contribution is -2.24. The molecule has 2 aromatic rings. The molecule has 1 aliphatic heterocycles. The number of para-hydroxylation sites is 1. The molecular weight excluding hydrogens is 224 g/mol. The van der Waals surface area contributed by atoms with Gasteiger partial charge in [-0.15, -0.1) is 0 Å². The smallest absolute Gasteiger partial charge is 0.240 e. The number of benzene rings is 1. The van der Waals surface area contributed by atoms with E-state index in [0.29, 0.717) is 19.0 Å². The number of carbonyl (C=O) groups excluding carboxylic acids is 1. The molecule has 2 heterocycles. The largest absolute Gasteiger partial charge is 0.350 e. The van der Waals surface area contributed by atoms with Gasteiger partial charge in [0, 0.05) is 17.6 Å². The molecule has 0 spiro atoms. The molecule has 1 amide bonds. The minimum Gasteiger partial charge on any atom is -0.350 e. The van der Waals surface area contributed by atoms with Crippen LogP contribution in [0.25, 0.3) is 10.9 Å². The molecule has 1 aliphatic carbocycles. The maximum Gasteiger partial charge on any atom is 0.240 e. The summed E-state index contributed by atoms with van der Waals surface area (Å²) in [5.41, 5.74) is 5.41. The van der Waals surface area contributed by atoms with E-state index in [1.54, 1.807) is 0 Å². The number of aromatic nitrogens is 1. The Kier molecular flexibility index (Phi) is 1.91. The van der Waals surface area contributed by atoms with E-state index in [1.807, 2.05) is 0 Å². The van der Waals surface area contributed by atoms with Crippen molar-refractivity contribution in [3.63, 3.8) is 0 Å². The predicted octanol–water partition coefficient (Wildman–Crippen LogP) is 2.32. The fourth-order valence-corrected chi connectivity index (χ4v) is 3.59. The zero-order chi connectivity index (χ0) is 12.3. The van der Waals surface area contributed by atoms with Crippen LogP contribution >= 0.6 is 0 Å². The number of amides is 1. The van der Waals surface area contributed by atoms with Crippen LogP contribution in [0.4, 0.5) is 0 Å². The van der Waals surface area contributed by atoms with Crippen molar-refractivity contribution in [3.05, 3.63) is 35.0 Å². The Bertz CT molecular complexity index is 669. The molecule has 3 nitrogen and oxygen atoms in total. The fourth-order valence-electron chi connectivity index (χ4n) is 3.59. The molecule has 92 valence electrons. The van der Waals surface area contributed by atoms with Gasteiger partial charge >= 0.3 is 0 Å². The number of nitrogens with one attached hydrogen (secondary N) is 1. The van der Waals surface area contributed by atoms with Crippen LogP contribution in [0.1, 0.15) is 36.1 Å². The second-order valence-corrected chi connectivity index (χ2v) is 5.48. The molecule has 0 fully saturated rings.